The zero-order valence-corrected chi connectivity index (χ0v) is 14.5. The van der Waals surface area contributed by atoms with Gasteiger partial charge in [0.15, 0.2) is 11.5 Å². The Morgan fingerprint density at radius 1 is 1.20 bits per heavy atom. The van der Waals surface area contributed by atoms with Gasteiger partial charge in [0.1, 0.15) is 13.2 Å². The lowest BCUT2D eigenvalue weighted by Crippen LogP contribution is -2.16. The summed E-state index contributed by atoms with van der Waals surface area (Å²) in [6, 6.07) is 11.2. The summed E-state index contributed by atoms with van der Waals surface area (Å²) in [5.41, 5.74) is 2.15. The van der Waals surface area contributed by atoms with Gasteiger partial charge < -0.3 is 19.4 Å². The second-order valence-electron chi connectivity index (χ2n) is 5.78. The van der Waals surface area contributed by atoms with Crippen LogP contribution >= 0.6 is 11.6 Å². The van der Waals surface area contributed by atoms with E-state index in [9.17, 15) is 4.79 Å². The van der Waals surface area contributed by atoms with Gasteiger partial charge in [0.25, 0.3) is 5.91 Å². The van der Waals surface area contributed by atoms with Crippen LogP contribution in [-0.2, 0) is 6.54 Å². The summed E-state index contributed by atoms with van der Waals surface area (Å²) in [4.78, 5) is 12.8. The molecular weight excluding hydrogens is 340 g/mol. The van der Waals surface area contributed by atoms with Crippen LogP contribution in [0, 0.1) is 0 Å². The second kappa shape index (κ2) is 6.33. The molecule has 2 heterocycles. The quantitative estimate of drug-likeness (QED) is 0.759. The van der Waals surface area contributed by atoms with Crippen molar-refractivity contribution < 1.29 is 14.3 Å². The van der Waals surface area contributed by atoms with Gasteiger partial charge in [0.2, 0.25) is 0 Å². The number of anilines is 1. The molecule has 1 aliphatic rings. The Hall–Kier alpha value is -2.66. The maximum atomic E-state index is 12.8. The number of halogens is 1. The average molecular weight is 357 g/mol. The van der Waals surface area contributed by atoms with E-state index in [4.69, 9.17) is 21.1 Å². The highest BCUT2D eigenvalue weighted by atomic mass is 35.5. The minimum atomic E-state index is -0.207. The van der Waals surface area contributed by atoms with E-state index < -0.39 is 0 Å². The van der Waals surface area contributed by atoms with Crippen molar-refractivity contribution in [2.45, 2.75) is 13.5 Å². The van der Waals surface area contributed by atoms with Gasteiger partial charge in [0, 0.05) is 35.8 Å². The summed E-state index contributed by atoms with van der Waals surface area (Å²) in [6.07, 6.45) is 1.87. The number of para-hydroxylation sites is 1. The molecule has 6 heteroatoms. The van der Waals surface area contributed by atoms with Crippen molar-refractivity contribution >= 4 is 34.1 Å². The van der Waals surface area contributed by atoms with E-state index in [1.54, 1.807) is 12.1 Å². The average Bonchev–Trinajstić information content (AvgIpc) is 3.01. The lowest BCUT2D eigenvalue weighted by atomic mass is 10.1. The molecular formula is C19H17ClN2O3. The second-order valence-corrected chi connectivity index (χ2v) is 6.18. The summed E-state index contributed by atoms with van der Waals surface area (Å²) in [7, 11) is 0. The van der Waals surface area contributed by atoms with Gasteiger partial charge in [-0.1, -0.05) is 29.8 Å². The Balaban J connectivity index is 1.69. The molecule has 1 aromatic heterocycles. The number of ether oxygens (including phenoxy) is 2. The van der Waals surface area contributed by atoms with Crippen LogP contribution in [0.4, 0.5) is 5.69 Å². The van der Waals surface area contributed by atoms with Crippen LogP contribution in [0.15, 0.2) is 42.6 Å². The van der Waals surface area contributed by atoms with Crippen LogP contribution in [0.1, 0.15) is 17.3 Å². The van der Waals surface area contributed by atoms with Crippen LogP contribution in [0.2, 0.25) is 5.02 Å². The first-order valence-electron chi connectivity index (χ1n) is 8.15. The van der Waals surface area contributed by atoms with E-state index >= 15 is 0 Å². The van der Waals surface area contributed by atoms with Crippen LogP contribution in [0.5, 0.6) is 11.5 Å². The van der Waals surface area contributed by atoms with Gasteiger partial charge in [-0.15, -0.1) is 0 Å². The Morgan fingerprint density at radius 2 is 1.92 bits per heavy atom. The highest BCUT2D eigenvalue weighted by molar-refractivity contribution is 6.34. The number of aryl methyl sites for hydroxylation is 1. The molecule has 25 heavy (non-hydrogen) atoms. The van der Waals surface area contributed by atoms with Gasteiger partial charge in [-0.05, 0) is 13.0 Å². The molecule has 0 unspecified atom stereocenters. The van der Waals surface area contributed by atoms with Crippen LogP contribution < -0.4 is 14.8 Å². The Kier molecular flexibility index (Phi) is 4.01. The minimum Gasteiger partial charge on any atom is -0.486 e. The molecule has 0 spiro atoms. The van der Waals surface area contributed by atoms with Crippen LogP contribution in [-0.4, -0.2) is 23.7 Å². The van der Waals surface area contributed by atoms with Crippen molar-refractivity contribution in [2.75, 3.05) is 18.5 Å². The highest BCUT2D eigenvalue weighted by Crippen LogP contribution is 2.38. The summed E-state index contributed by atoms with van der Waals surface area (Å²) in [5.74, 6) is 0.973. The topological polar surface area (TPSA) is 52.5 Å². The first-order chi connectivity index (χ1) is 12.2. The van der Waals surface area contributed by atoms with Crippen molar-refractivity contribution in [3.8, 4) is 11.5 Å². The number of hydrogen-bond acceptors (Lipinski definition) is 3. The van der Waals surface area contributed by atoms with Crippen molar-refractivity contribution in [1.29, 1.82) is 0 Å². The highest BCUT2D eigenvalue weighted by Gasteiger charge is 2.19. The molecule has 0 bridgehead atoms. The number of amides is 1. The van der Waals surface area contributed by atoms with Crippen molar-refractivity contribution in [2.24, 2.45) is 0 Å². The van der Waals surface area contributed by atoms with E-state index in [0.717, 1.165) is 17.4 Å². The van der Waals surface area contributed by atoms with Gasteiger partial charge in [-0.2, -0.15) is 0 Å². The van der Waals surface area contributed by atoms with Crippen LogP contribution in [0.3, 0.4) is 0 Å². The predicted octanol–water partition coefficient (Wildman–Crippen LogP) is 4.34. The summed E-state index contributed by atoms with van der Waals surface area (Å²) < 4.78 is 13.1. The number of benzene rings is 2. The molecule has 0 radical (unpaired) electrons. The van der Waals surface area contributed by atoms with Gasteiger partial charge in [-0.25, -0.2) is 0 Å². The molecule has 4 rings (SSSR count). The predicted molar refractivity (Wildman–Crippen MR) is 98.0 cm³/mol. The molecule has 5 nitrogen and oxygen atoms in total. The summed E-state index contributed by atoms with van der Waals surface area (Å²) in [6.45, 7) is 3.81. The van der Waals surface area contributed by atoms with Crippen LogP contribution in [0.25, 0.3) is 10.9 Å². The smallest absolute Gasteiger partial charge is 0.257 e. The number of hydrogen-bond donors (Lipinski definition) is 1. The Labute approximate surface area is 150 Å². The molecule has 2 aromatic carbocycles. The monoisotopic (exact) mass is 356 g/mol. The van der Waals surface area contributed by atoms with Crippen molar-refractivity contribution in [1.82, 2.24) is 4.57 Å². The van der Waals surface area contributed by atoms with E-state index in [1.165, 1.54) is 0 Å². The Bertz CT molecular complexity index is 965. The molecule has 0 saturated heterocycles. The fraction of sp³-hybridized carbons (Fsp3) is 0.211. The number of carbonyl (C=O) groups excluding carboxylic acids is 1. The van der Waals surface area contributed by atoms with Gasteiger partial charge in [-0.3, -0.25) is 4.79 Å². The fourth-order valence-corrected chi connectivity index (χ4v) is 3.24. The first-order valence-corrected chi connectivity index (χ1v) is 8.53. The molecule has 0 saturated carbocycles. The third-order valence-corrected chi connectivity index (χ3v) is 4.57. The minimum absolute atomic E-state index is 0.207. The van der Waals surface area contributed by atoms with Gasteiger partial charge in [0.05, 0.1) is 16.3 Å². The van der Waals surface area contributed by atoms with Gasteiger partial charge >= 0.3 is 0 Å². The third kappa shape index (κ3) is 2.81. The normalized spacial score (nSPS) is 13.0. The number of fused-ring (bicyclic) bond motifs is 2. The zero-order chi connectivity index (χ0) is 17.4. The Morgan fingerprint density at radius 3 is 2.68 bits per heavy atom. The van der Waals surface area contributed by atoms with Crippen molar-refractivity contribution in [3.05, 3.63) is 53.2 Å². The number of nitrogens with zero attached hydrogens (tertiary/aromatic N) is 1. The largest absolute Gasteiger partial charge is 0.486 e. The lowest BCUT2D eigenvalue weighted by molar-refractivity contribution is 0.102. The molecule has 1 N–H and O–H groups in total. The summed E-state index contributed by atoms with van der Waals surface area (Å²) >= 11 is 6.29. The van der Waals surface area contributed by atoms with E-state index in [0.29, 0.717) is 41.0 Å². The number of carbonyl (C=O) groups is 1. The first kappa shape index (κ1) is 15.8. The molecule has 128 valence electrons. The number of nitrogens with one attached hydrogen (secondary N) is 1. The third-order valence-electron chi connectivity index (χ3n) is 4.25. The summed E-state index contributed by atoms with van der Waals surface area (Å²) in [5, 5.41) is 4.21. The van der Waals surface area contributed by atoms with Crippen molar-refractivity contribution in [3.63, 3.8) is 0 Å². The van der Waals surface area contributed by atoms with E-state index in [1.807, 2.05) is 37.4 Å². The zero-order valence-electron chi connectivity index (χ0n) is 13.7. The molecule has 3 aromatic rings. The SMILES string of the molecule is CCn1cc(C(=O)Nc2cc3c(cc2Cl)OCCO3)c2ccccc21. The molecule has 1 amide bonds. The maximum absolute atomic E-state index is 12.8. The molecule has 0 fully saturated rings. The standard InChI is InChI=1S/C19H17ClN2O3/c1-2-22-11-13(12-5-3-4-6-16(12)22)19(23)21-15-10-18-17(9-14(15)20)24-7-8-25-18/h3-6,9-11H,2,7-8H2,1H3,(H,21,23). The molecule has 1 aliphatic heterocycles. The molecule has 0 atom stereocenters. The lowest BCUT2D eigenvalue weighted by Gasteiger charge is -2.20. The number of aromatic nitrogens is 1. The van der Waals surface area contributed by atoms with E-state index in [-0.39, 0.29) is 5.91 Å². The molecule has 0 aliphatic carbocycles. The number of rotatable bonds is 3. The maximum Gasteiger partial charge on any atom is 0.257 e. The fourth-order valence-electron chi connectivity index (χ4n) is 3.04. The van der Waals surface area contributed by atoms with E-state index in [2.05, 4.69) is 9.88 Å².